The Morgan fingerprint density at radius 2 is 1.25 bits per heavy atom. The summed E-state index contributed by atoms with van der Waals surface area (Å²) in [5.74, 6) is 0.183. The number of carbonyl (C=O) groups is 2. The molecule has 3 fully saturated rings. The first-order valence-corrected chi connectivity index (χ1v) is 20.3. The van der Waals surface area contributed by atoms with Gasteiger partial charge in [-0.05, 0) is 64.1 Å². The number of hydrogen-bond acceptors (Lipinski definition) is 14. The Morgan fingerprint density at radius 1 is 0.766 bits per heavy atom. The van der Waals surface area contributed by atoms with Gasteiger partial charge in [0.2, 0.25) is 0 Å². The van der Waals surface area contributed by atoms with Crippen molar-refractivity contribution in [2.45, 2.75) is 89.0 Å². The number of nitrogens with one attached hydrogen (secondary N) is 2. The molecular weight excluding hydrogens is 875 g/mol. The first kappa shape index (κ1) is 46.2. The Balaban J connectivity index is 0.000000189. The minimum Gasteiger partial charge on any atom is -0.491 e. The van der Waals surface area contributed by atoms with E-state index in [4.69, 9.17) is 63.1 Å². The van der Waals surface area contributed by atoms with E-state index in [1.54, 1.807) is 65.4 Å². The average molecular weight is 924 g/mol. The Labute approximate surface area is 376 Å². The van der Waals surface area contributed by atoms with E-state index in [-0.39, 0.29) is 25.8 Å². The first-order chi connectivity index (χ1) is 29.9. The van der Waals surface area contributed by atoms with Crippen molar-refractivity contribution in [2.75, 3.05) is 23.8 Å². The zero-order valence-electron chi connectivity index (χ0n) is 34.2. The van der Waals surface area contributed by atoms with Crippen LogP contribution in [0.5, 0.6) is 11.5 Å². The number of nitrogens with two attached hydrogens (primary N) is 2. The van der Waals surface area contributed by atoms with Gasteiger partial charge in [-0.25, -0.2) is 29.5 Å². The molecule has 340 valence electrons. The van der Waals surface area contributed by atoms with Crippen molar-refractivity contribution in [2.24, 2.45) is 11.5 Å². The summed E-state index contributed by atoms with van der Waals surface area (Å²) in [7, 11) is 0. The third-order valence-corrected chi connectivity index (χ3v) is 11.5. The minimum atomic E-state index is -1.60. The third kappa shape index (κ3) is 9.08. The van der Waals surface area contributed by atoms with Gasteiger partial charge in [0.05, 0.1) is 10.8 Å². The molecule has 0 spiro atoms. The summed E-state index contributed by atoms with van der Waals surface area (Å²) in [6.07, 6.45) is 1.85. The SMILES string of the molecule is C.CC1(C)O[C@H]2[C@H](n3ccc4c(Cl)ncnc43)O[C@H](COc3cccc(NC(N)=O)c3)[C@@]2(C)O1.C[C@@]1(O)[C@@H](COc2cccc(NC(N)=O)c2)O[C@@H](n2ccc3c(Cl)ncnc32)[C@@H]1O. The van der Waals surface area contributed by atoms with Gasteiger partial charge in [-0.2, -0.15) is 0 Å². The second kappa shape index (κ2) is 18.0. The quantitative estimate of drug-likeness (QED) is 0.0893. The van der Waals surface area contributed by atoms with Gasteiger partial charge in [-0.1, -0.05) is 42.8 Å². The summed E-state index contributed by atoms with van der Waals surface area (Å²) < 4.78 is 40.2. The van der Waals surface area contributed by atoms with Crippen LogP contribution in [-0.2, 0) is 18.9 Å². The van der Waals surface area contributed by atoms with Gasteiger partial charge in [0, 0.05) is 35.9 Å². The molecule has 64 heavy (non-hydrogen) atoms. The van der Waals surface area contributed by atoms with Crippen LogP contribution in [0.2, 0.25) is 10.3 Å². The summed E-state index contributed by atoms with van der Waals surface area (Å²) in [6, 6.07) is 15.8. The number of aliphatic hydroxyl groups excluding tert-OH is 1. The van der Waals surface area contributed by atoms with Gasteiger partial charge in [-0.3, -0.25) is 0 Å². The smallest absolute Gasteiger partial charge is 0.316 e. The van der Waals surface area contributed by atoms with Crippen LogP contribution < -0.4 is 31.6 Å². The molecule has 22 heteroatoms. The molecular formula is C42H48Cl2N10O10. The van der Waals surface area contributed by atoms with E-state index in [2.05, 4.69) is 30.6 Å². The van der Waals surface area contributed by atoms with Crippen LogP contribution in [0.25, 0.3) is 22.1 Å². The monoisotopic (exact) mass is 922 g/mol. The fourth-order valence-corrected chi connectivity index (χ4v) is 8.33. The lowest BCUT2D eigenvalue weighted by atomic mass is 9.95. The molecule has 0 saturated carbocycles. The molecule has 8 atom stereocenters. The molecule has 2 aromatic carbocycles. The highest BCUT2D eigenvalue weighted by Gasteiger charge is 2.64. The van der Waals surface area contributed by atoms with Crippen molar-refractivity contribution in [3.8, 4) is 11.5 Å². The van der Waals surface area contributed by atoms with Gasteiger partial charge in [-0.15, -0.1) is 0 Å². The zero-order valence-corrected chi connectivity index (χ0v) is 35.7. The van der Waals surface area contributed by atoms with Gasteiger partial charge in [0.25, 0.3) is 0 Å². The molecule has 4 aromatic heterocycles. The Morgan fingerprint density at radius 3 is 1.77 bits per heavy atom. The number of benzene rings is 2. The van der Waals surface area contributed by atoms with E-state index in [1.807, 2.05) is 37.6 Å². The van der Waals surface area contributed by atoms with E-state index in [1.165, 1.54) is 19.6 Å². The topological polar surface area (TPSA) is 268 Å². The standard InChI is InChI=1S/C22H24ClN5O5.C19H20ClN5O5.CH4/c1-21(2)32-16-19(28-8-7-14-17(23)25-11-26-18(14)28)31-15(22(16,3)33-21)10-30-13-6-4-5-12(9-13)27-20(24)29;1-19(28)13(8-29-11-4-2-3-10(7-11)24-18(21)27)30-17(14(19)26)25-6-5-12-15(20)22-9-23-16(12)25;/h4-9,11,15-16,19H,10H2,1-3H3,(H3,24,27,29);2-7,9,13-14,17,26,28H,8H2,1H3,(H3,21,24,27);1H4/t15-,16+,19-,22-;13-,14+,17-,19-;/m11./s1. The number of hydrogen-bond donors (Lipinski definition) is 6. The predicted molar refractivity (Wildman–Crippen MR) is 235 cm³/mol. The average Bonchev–Trinajstić information content (AvgIpc) is 4.00. The number of fused-ring (bicyclic) bond motifs is 3. The van der Waals surface area contributed by atoms with E-state index in [0.717, 1.165) is 5.39 Å². The van der Waals surface area contributed by atoms with Crippen LogP contribution in [0.15, 0.2) is 85.7 Å². The van der Waals surface area contributed by atoms with E-state index in [0.29, 0.717) is 44.7 Å². The van der Waals surface area contributed by atoms with Crippen LogP contribution >= 0.6 is 23.2 Å². The van der Waals surface area contributed by atoms with Gasteiger partial charge in [0.15, 0.2) is 18.2 Å². The molecule has 3 saturated heterocycles. The fourth-order valence-electron chi connectivity index (χ4n) is 7.95. The van der Waals surface area contributed by atoms with Gasteiger partial charge >= 0.3 is 12.1 Å². The second-order valence-electron chi connectivity index (χ2n) is 15.8. The highest BCUT2D eigenvalue weighted by molar-refractivity contribution is 6.34. The van der Waals surface area contributed by atoms with Crippen LogP contribution in [0.3, 0.4) is 0 Å². The number of halogens is 2. The molecule has 0 radical (unpaired) electrons. The number of aliphatic hydroxyl groups is 2. The molecule has 3 aliphatic heterocycles. The van der Waals surface area contributed by atoms with Crippen LogP contribution in [-0.4, -0.2) is 106 Å². The molecule has 20 nitrogen and oxygen atoms in total. The molecule has 0 unspecified atom stereocenters. The first-order valence-electron chi connectivity index (χ1n) is 19.6. The maximum absolute atomic E-state index is 11.1. The fraction of sp³-hybridized carbons (Fsp3) is 0.381. The molecule has 0 aliphatic carbocycles. The number of carbonyl (C=O) groups excluding carboxylic acids is 2. The third-order valence-electron chi connectivity index (χ3n) is 10.9. The Hall–Kier alpha value is -5.84. The molecule has 7 heterocycles. The lowest BCUT2D eigenvalue weighted by molar-refractivity contribution is -0.213. The van der Waals surface area contributed by atoms with Gasteiger partial charge < -0.3 is 69.9 Å². The van der Waals surface area contributed by atoms with Crippen molar-refractivity contribution in [3.05, 3.63) is 96.0 Å². The van der Waals surface area contributed by atoms with Crippen molar-refractivity contribution >= 4 is 68.7 Å². The molecule has 4 amide bonds. The van der Waals surface area contributed by atoms with E-state index < -0.39 is 65.9 Å². The van der Waals surface area contributed by atoms with Crippen molar-refractivity contribution in [3.63, 3.8) is 0 Å². The number of primary amides is 2. The summed E-state index contributed by atoms with van der Waals surface area (Å²) in [6.45, 7) is 7.33. The number of ether oxygens (including phenoxy) is 6. The number of anilines is 2. The van der Waals surface area contributed by atoms with Crippen molar-refractivity contribution in [1.29, 1.82) is 0 Å². The Kier molecular flexibility index (Phi) is 13.0. The number of nitrogens with zero attached hydrogens (tertiary/aromatic N) is 6. The van der Waals surface area contributed by atoms with Crippen LogP contribution in [0.1, 0.15) is 47.6 Å². The molecule has 6 aromatic rings. The Bertz CT molecular complexity index is 2660. The predicted octanol–water partition coefficient (Wildman–Crippen LogP) is 5.76. The zero-order chi connectivity index (χ0) is 44.8. The molecule has 3 aliphatic rings. The summed E-state index contributed by atoms with van der Waals surface area (Å²) >= 11 is 12.3. The van der Waals surface area contributed by atoms with Crippen molar-refractivity contribution in [1.82, 2.24) is 29.1 Å². The van der Waals surface area contributed by atoms with Crippen LogP contribution in [0.4, 0.5) is 21.0 Å². The summed E-state index contributed by atoms with van der Waals surface area (Å²) in [4.78, 5) is 38.7. The summed E-state index contributed by atoms with van der Waals surface area (Å²) in [5, 5.41) is 28.6. The van der Waals surface area contributed by atoms with E-state index >= 15 is 0 Å². The molecule has 9 rings (SSSR count). The second-order valence-corrected chi connectivity index (χ2v) is 16.5. The summed E-state index contributed by atoms with van der Waals surface area (Å²) in [5.41, 5.74) is 10.0. The number of amides is 4. The number of rotatable bonds is 10. The lowest BCUT2D eigenvalue weighted by Gasteiger charge is -2.29. The number of aromatic nitrogens is 6. The van der Waals surface area contributed by atoms with E-state index in [9.17, 15) is 19.8 Å². The highest BCUT2D eigenvalue weighted by Crippen LogP contribution is 2.51. The maximum atomic E-state index is 11.1. The largest absolute Gasteiger partial charge is 0.491 e. The molecule has 8 N–H and O–H groups in total. The normalized spacial score (nSPS) is 26.7. The lowest BCUT2D eigenvalue weighted by Crippen LogP contribution is -2.47. The minimum absolute atomic E-state index is 0. The molecule has 0 bridgehead atoms. The van der Waals surface area contributed by atoms with Crippen molar-refractivity contribution < 1.29 is 48.2 Å². The van der Waals surface area contributed by atoms with Gasteiger partial charge in [0.1, 0.15) is 94.6 Å². The van der Waals surface area contributed by atoms with Crippen LogP contribution in [0, 0.1) is 0 Å². The maximum Gasteiger partial charge on any atom is 0.316 e. The highest BCUT2D eigenvalue weighted by atomic mass is 35.5. The number of urea groups is 2.